The van der Waals surface area contributed by atoms with Gasteiger partial charge >= 0.3 is 0 Å². The van der Waals surface area contributed by atoms with Crippen molar-refractivity contribution in [2.45, 2.75) is 31.4 Å². The van der Waals surface area contributed by atoms with E-state index in [0.717, 1.165) is 5.56 Å². The number of aromatic nitrogens is 7. The van der Waals surface area contributed by atoms with Crippen LogP contribution in [0.25, 0.3) is 5.69 Å². The smallest absolute Gasteiger partial charge is 0.245 e. The van der Waals surface area contributed by atoms with Crippen LogP contribution in [0.5, 0.6) is 11.8 Å². The number of nitrogens with one attached hydrogen (secondary N) is 1. The lowest BCUT2D eigenvalue weighted by Crippen LogP contribution is -2.31. The molecule has 4 rings (SSSR count). The van der Waals surface area contributed by atoms with Gasteiger partial charge in [-0.05, 0) is 12.5 Å². The monoisotopic (exact) mass is 544 g/mol. The van der Waals surface area contributed by atoms with Crippen molar-refractivity contribution in [1.29, 1.82) is 0 Å². The molecule has 1 N–H and O–H groups in total. The molecule has 0 amide bonds. The largest absolute Gasteiger partial charge is 0.479 e. The van der Waals surface area contributed by atoms with E-state index in [9.17, 15) is 8.42 Å². The first-order valence-corrected chi connectivity index (χ1v) is 13.1. The van der Waals surface area contributed by atoms with Crippen molar-refractivity contribution in [1.82, 2.24) is 34.7 Å². The van der Waals surface area contributed by atoms with Crippen LogP contribution in [-0.4, -0.2) is 62.6 Å². The highest BCUT2D eigenvalue weighted by Crippen LogP contribution is 2.33. The number of rotatable bonds is 10. The van der Waals surface area contributed by atoms with Gasteiger partial charge in [-0.25, -0.2) is 18.4 Å². The minimum Gasteiger partial charge on any atom is -0.479 e. The quantitative estimate of drug-likeness (QED) is 0.316. The van der Waals surface area contributed by atoms with Gasteiger partial charge in [-0.3, -0.25) is 9.29 Å². The van der Waals surface area contributed by atoms with Crippen molar-refractivity contribution in [2.75, 3.05) is 18.9 Å². The molecule has 0 unspecified atom stereocenters. The fourth-order valence-corrected chi connectivity index (χ4v) is 4.93. The predicted molar refractivity (Wildman–Crippen MR) is 137 cm³/mol. The minimum atomic E-state index is -4.01. The molecule has 0 radical (unpaired) electrons. The molecule has 0 bridgehead atoms. The third-order valence-electron chi connectivity index (χ3n) is 5.78. The SMILES string of the molecule is COc1ncnc(OC)c1-n1c(Cc2ccccc2)nnc1NS(=O)(=O)[C@@H](C)[C@H](C)c1ncc(Cl)cn1. The molecule has 0 spiro atoms. The number of anilines is 1. The Balaban J connectivity index is 1.77. The third kappa shape index (κ3) is 5.62. The molecule has 0 saturated carbocycles. The number of hydrogen-bond acceptors (Lipinski definition) is 10. The van der Waals surface area contributed by atoms with Crippen molar-refractivity contribution < 1.29 is 17.9 Å². The van der Waals surface area contributed by atoms with E-state index in [0.29, 0.717) is 23.1 Å². The van der Waals surface area contributed by atoms with E-state index < -0.39 is 21.2 Å². The summed E-state index contributed by atoms with van der Waals surface area (Å²) in [6.07, 6.45) is 4.46. The maximum atomic E-state index is 13.5. The maximum absolute atomic E-state index is 13.5. The Bertz CT molecular complexity index is 1440. The summed E-state index contributed by atoms with van der Waals surface area (Å²) in [6.45, 7) is 3.28. The van der Waals surface area contributed by atoms with Gasteiger partial charge in [0.1, 0.15) is 18.0 Å². The van der Waals surface area contributed by atoms with Gasteiger partial charge in [0.25, 0.3) is 0 Å². The molecule has 3 heterocycles. The lowest BCUT2D eigenvalue weighted by molar-refractivity contribution is 0.368. The molecule has 14 heteroatoms. The first-order valence-electron chi connectivity index (χ1n) is 11.2. The highest BCUT2D eigenvalue weighted by atomic mass is 35.5. The van der Waals surface area contributed by atoms with E-state index in [1.165, 1.54) is 37.5 Å². The molecule has 2 atom stereocenters. The number of halogens is 1. The van der Waals surface area contributed by atoms with Crippen LogP contribution in [0, 0.1) is 0 Å². The van der Waals surface area contributed by atoms with Gasteiger partial charge in [0.2, 0.25) is 27.7 Å². The minimum absolute atomic E-state index is 0.0756. The van der Waals surface area contributed by atoms with Crippen LogP contribution >= 0.6 is 11.6 Å². The normalized spacial score (nSPS) is 13.1. The second kappa shape index (κ2) is 11.0. The molecular weight excluding hydrogens is 520 g/mol. The van der Waals surface area contributed by atoms with Crippen LogP contribution in [0.1, 0.15) is 37.0 Å². The third-order valence-corrected chi connectivity index (χ3v) is 7.82. The fourth-order valence-electron chi connectivity index (χ4n) is 3.60. The number of benzene rings is 1. The number of methoxy groups -OCH3 is 2. The van der Waals surface area contributed by atoms with Crippen molar-refractivity contribution in [2.24, 2.45) is 0 Å². The van der Waals surface area contributed by atoms with Gasteiger partial charge < -0.3 is 9.47 Å². The Morgan fingerprint density at radius 3 is 2.19 bits per heavy atom. The first kappa shape index (κ1) is 26.2. The average molecular weight is 545 g/mol. The molecule has 1 aromatic carbocycles. The molecule has 0 fully saturated rings. The highest BCUT2D eigenvalue weighted by Gasteiger charge is 2.32. The van der Waals surface area contributed by atoms with Crippen LogP contribution in [-0.2, 0) is 16.4 Å². The van der Waals surface area contributed by atoms with E-state index in [-0.39, 0.29) is 23.4 Å². The van der Waals surface area contributed by atoms with E-state index in [1.807, 2.05) is 30.3 Å². The summed E-state index contributed by atoms with van der Waals surface area (Å²) < 4.78 is 41.9. The number of sulfonamides is 1. The molecule has 4 aromatic rings. The zero-order valence-corrected chi connectivity index (χ0v) is 22.1. The number of hydrogen-bond donors (Lipinski definition) is 1. The van der Waals surface area contributed by atoms with E-state index >= 15 is 0 Å². The Kier molecular flexibility index (Phi) is 7.83. The number of nitrogens with zero attached hydrogens (tertiary/aromatic N) is 7. The van der Waals surface area contributed by atoms with Gasteiger partial charge in [0.05, 0.1) is 24.5 Å². The Morgan fingerprint density at radius 2 is 1.59 bits per heavy atom. The van der Waals surface area contributed by atoms with Gasteiger partial charge in [-0.2, -0.15) is 9.97 Å². The van der Waals surface area contributed by atoms with E-state index in [4.69, 9.17) is 21.1 Å². The fraction of sp³-hybridized carbons (Fsp3) is 0.304. The van der Waals surface area contributed by atoms with Gasteiger partial charge in [0.15, 0.2) is 5.69 Å². The average Bonchev–Trinajstić information content (AvgIpc) is 3.28. The topological polar surface area (TPSA) is 147 Å². The van der Waals surface area contributed by atoms with Crippen molar-refractivity contribution in [3.8, 4) is 17.4 Å². The van der Waals surface area contributed by atoms with Gasteiger partial charge in [-0.15, -0.1) is 10.2 Å². The molecule has 0 aliphatic carbocycles. The summed E-state index contributed by atoms with van der Waals surface area (Å²) in [4.78, 5) is 16.7. The molecular formula is C23H25ClN8O4S. The van der Waals surface area contributed by atoms with Crippen LogP contribution in [0.15, 0.2) is 49.1 Å². The van der Waals surface area contributed by atoms with Crippen LogP contribution in [0.3, 0.4) is 0 Å². The summed E-state index contributed by atoms with van der Waals surface area (Å²) in [5.74, 6) is 0.424. The zero-order chi connectivity index (χ0) is 26.6. The molecule has 194 valence electrons. The second-order valence-corrected chi connectivity index (χ2v) is 10.6. The van der Waals surface area contributed by atoms with Crippen LogP contribution in [0.2, 0.25) is 5.02 Å². The molecule has 0 aliphatic rings. The molecule has 3 aromatic heterocycles. The summed E-state index contributed by atoms with van der Waals surface area (Å²) in [5.41, 5.74) is 1.19. The van der Waals surface area contributed by atoms with E-state index in [1.54, 1.807) is 13.8 Å². The lowest BCUT2D eigenvalue weighted by Gasteiger charge is -2.21. The first-order chi connectivity index (χ1) is 17.7. The lowest BCUT2D eigenvalue weighted by atomic mass is 10.1. The standard InChI is InChI=1S/C23H25ClN8O4S/c1-14(20-25-11-17(24)12-26-20)15(2)37(33,34)31-23-30-29-18(10-16-8-6-5-7-9-16)32(23)19-21(35-3)27-13-28-22(19)36-4/h5-9,11-15H,10H2,1-4H3,(H,30,31)/t14-,15-/m0/s1. The Morgan fingerprint density at radius 1 is 0.973 bits per heavy atom. The van der Waals surface area contributed by atoms with Gasteiger partial charge in [-0.1, -0.05) is 48.9 Å². The maximum Gasteiger partial charge on any atom is 0.245 e. The zero-order valence-electron chi connectivity index (χ0n) is 20.5. The highest BCUT2D eigenvalue weighted by molar-refractivity contribution is 7.93. The summed E-state index contributed by atoms with van der Waals surface area (Å²) in [7, 11) is -1.14. The molecule has 0 aliphatic heterocycles. The van der Waals surface area contributed by atoms with Crippen molar-refractivity contribution in [3.05, 3.63) is 71.3 Å². The summed E-state index contributed by atoms with van der Waals surface area (Å²) in [5, 5.41) is 7.85. The Hall–Kier alpha value is -3.84. The molecule has 12 nitrogen and oxygen atoms in total. The predicted octanol–water partition coefficient (Wildman–Crippen LogP) is 3.04. The summed E-state index contributed by atoms with van der Waals surface area (Å²) in [6, 6.07) is 9.55. The molecule has 0 saturated heterocycles. The van der Waals surface area contributed by atoms with Crippen molar-refractivity contribution in [3.63, 3.8) is 0 Å². The summed E-state index contributed by atoms with van der Waals surface area (Å²) >= 11 is 5.87. The van der Waals surface area contributed by atoms with Crippen molar-refractivity contribution >= 4 is 27.6 Å². The van der Waals surface area contributed by atoms with Crippen LogP contribution < -0.4 is 14.2 Å². The van der Waals surface area contributed by atoms with E-state index in [2.05, 4.69) is 34.9 Å². The molecule has 37 heavy (non-hydrogen) atoms. The van der Waals surface area contributed by atoms with Gasteiger partial charge in [0, 0.05) is 24.7 Å². The Labute approximate surface area is 219 Å². The number of ether oxygens (including phenoxy) is 2. The second-order valence-electron chi connectivity index (χ2n) is 8.08. The van der Waals surface area contributed by atoms with Crippen LogP contribution in [0.4, 0.5) is 5.95 Å².